The van der Waals surface area contributed by atoms with Crippen molar-refractivity contribution >= 4 is 49.9 Å². The van der Waals surface area contributed by atoms with Crippen molar-refractivity contribution in [1.29, 1.82) is 0 Å². The third-order valence-electron chi connectivity index (χ3n) is 4.84. The fraction of sp³-hybridized carbons (Fsp3) is 0.227. The second-order valence-corrected chi connectivity index (χ2v) is 8.96. The molecular weight excluding hydrogens is 410 g/mol. The number of rotatable bonds is 2. The molecule has 4 heteroatoms. The third kappa shape index (κ3) is 3.15. The number of carbonyl (C=O) groups excluding carboxylic acids is 1. The molecule has 2 nitrogen and oxygen atoms in total. The molecule has 0 saturated heterocycles. The van der Waals surface area contributed by atoms with Crippen LogP contribution in [0.25, 0.3) is 27.9 Å². The molecule has 0 spiro atoms. The van der Waals surface area contributed by atoms with Gasteiger partial charge in [-0.2, -0.15) is 0 Å². The molecule has 1 aromatic heterocycles. The minimum atomic E-state index is -0.0463. The van der Waals surface area contributed by atoms with E-state index in [1.165, 1.54) is 0 Å². The van der Waals surface area contributed by atoms with Crippen LogP contribution in [0.15, 0.2) is 59.1 Å². The molecular formula is C22H19BrClNO. The SMILES string of the molecule is CC1(C)CC(=O)C=C(n2c(-c3ccccc3Br)cc3cc(Cl)ccc32)C1. The van der Waals surface area contributed by atoms with E-state index in [4.69, 9.17) is 11.6 Å². The van der Waals surface area contributed by atoms with Crippen molar-refractivity contribution in [3.63, 3.8) is 0 Å². The van der Waals surface area contributed by atoms with E-state index in [9.17, 15) is 4.79 Å². The number of allylic oxidation sites excluding steroid dienone is 2. The lowest BCUT2D eigenvalue weighted by Gasteiger charge is -2.30. The van der Waals surface area contributed by atoms with E-state index in [2.05, 4.69) is 46.5 Å². The summed E-state index contributed by atoms with van der Waals surface area (Å²) in [7, 11) is 0. The second-order valence-electron chi connectivity index (χ2n) is 7.67. The highest BCUT2D eigenvalue weighted by molar-refractivity contribution is 9.10. The molecule has 3 aromatic rings. The quantitative estimate of drug-likeness (QED) is 0.432. The Bertz CT molecular complexity index is 1060. The zero-order valence-corrected chi connectivity index (χ0v) is 17.1. The summed E-state index contributed by atoms with van der Waals surface area (Å²) in [5.74, 6) is 0.185. The van der Waals surface area contributed by atoms with E-state index in [-0.39, 0.29) is 11.2 Å². The van der Waals surface area contributed by atoms with E-state index >= 15 is 0 Å². The van der Waals surface area contributed by atoms with E-state index in [0.29, 0.717) is 11.4 Å². The fourth-order valence-corrected chi connectivity index (χ4v) is 4.49. The highest BCUT2D eigenvalue weighted by Gasteiger charge is 2.30. The molecule has 0 amide bonds. The van der Waals surface area contributed by atoms with Gasteiger partial charge >= 0.3 is 0 Å². The van der Waals surface area contributed by atoms with Gasteiger partial charge in [-0.15, -0.1) is 0 Å². The first-order chi connectivity index (χ1) is 12.3. The zero-order valence-electron chi connectivity index (χ0n) is 14.7. The second kappa shape index (κ2) is 6.40. The summed E-state index contributed by atoms with van der Waals surface area (Å²) < 4.78 is 3.24. The number of fused-ring (bicyclic) bond motifs is 1. The zero-order chi connectivity index (χ0) is 18.5. The lowest BCUT2D eigenvalue weighted by molar-refractivity contribution is -0.116. The van der Waals surface area contributed by atoms with Gasteiger partial charge in [0.05, 0.1) is 11.2 Å². The standard InChI is InChI=1S/C22H19BrClNO/c1-22(2)12-16(11-17(26)13-22)25-20-8-7-15(24)9-14(20)10-21(25)18-5-3-4-6-19(18)23/h3-11H,12-13H2,1-2H3. The molecule has 4 rings (SSSR count). The maximum atomic E-state index is 12.4. The Morgan fingerprint density at radius 3 is 2.58 bits per heavy atom. The predicted octanol–water partition coefficient (Wildman–Crippen LogP) is 6.95. The minimum Gasteiger partial charge on any atom is -0.313 e. The molecule has 1 aliphatic rings. The number of ketones is 1. The first-order valence-corrected chi connectivity index (χ1v) is 9.81. The van der Waals surface area contributed by atoms with Crippen LogP contribution in [-0.4, -0.2) is 10.4 Å². The van der Waals surface area contributed by atoms with Gasteiger partial charge in [-0.05, 0) is 42.2 Å². The number of carbonyl (C=O) groups is 1. The van der Waals surface area contributed by atoms with Crippen LogP contribution in [0.4, 0.5) is 0 Å². The van der Waals surface area contributed by atoms with E-state index in [1.54, 1.807) is 6.08 Å². The predicted molar refractivity (Wildman–Crippen MR) is 112 cm³/mol. The van der Waals surface area contributed by atoms with Gasteiger partial charge in [-0.1, -0.05) is 59.6 Å². The summed E-state index contributed by atoms with van der Waals surface area (Å²) in [5.41, 5.74) is 4.21. The molecule has 0 radical (unpaired) electrons. The monoisotopic (exact) mass is 427 g/mol. The average Bonchev–Trinajstić information content (AvgIpc) is 2.91. The molecule has 2 aromatic carbocycles. The molecule has 0 N–H and O–H groups in total. The van der Waals surface area contributed by atoms with Gasteiger partial charge in [0.15, 0.2) is 5.78 Å². The van der Waals surface area contributed by atoms with Gasteiger partial charge in [0, 0.05) is 38.6 Å². The molecule has 26 heavy (non-hydrogen) atoms. The first kappa shape index (κ1) is 17.6. The number of halogens is 2. The molecule has 0 unspecified atom stereocenters. The van der Waals surface area contributed by atoms with Crippen LogP contribution in [0.3, 0.4) is 0 Å². The molecule has 0 aliphatic heterocycles. The number of benzene rings is 2. The largest absolute Gasteiger partial charge is 0.313 e. The summed E-state index contributed by atoms with van der Waals surface area (Å²) >= 11 is 9.90. The van der Waals surface area contributed by atoms with E-state index < -0.39 is 0 Å². The molecule has 1 heterocycles. The summed E-state index contributed by atoms with van der Waals surface area (Å²) in [4.78, 5) is 12.4. The topological polar surface area (TPSA) is 22.0 Å². The van der Waals surface area contributed by atoms with Gasteiger partial charge in [0.2, 0.25) is 0 Å². The Kier molecular flexibility index (Phi) is 4.32. The van der Waals surface area contributed by atoms with Crippen LogP contribution in [0.2, 0.25) is 5.02 Å². The maximum absolute atomic E-state index is 12.4. The Morgan fingerprint density at radius 1 is 1.08 bits per heavy atom. The minimum absolute atomic E-state index is 0.0463. The highest BCUT2D eigenvalue weighted by Crippen LogP contribution is 2.41. The van der Waals surface area contributed by atoms with Gasteiger partial charge in [0.1, 0.15) is 0 Å². The lowest BCUT2D eigenvalue weighted by Crippen LogP contribution is -2.23. The third-order valence-corrected chi connectivity index (χ3v) is 5.77. The summed E-state index contributed by atoms with van der Waals surface area (Å²) in [6.07, 6.45) is 3.24. The van der Waals surface area contributed by atoms with Crippen LogP contribution < -0.4 is 0 Å². The van der Waals surface area contributed by atoms with E-state index in [1.807, 2.05) is 36.4 Å². The fourth-order valence-electron chi connectivity index (χ4n) is 3.82. The van der Waals surface area contributed by atoms with Crippen LogP contribution in [0.5, 0.6) is 0 Å². The molecule has 0 bridgehead atoms. The Hall–Kier alpha value is -1.84. The molecule has 0 saturated carbocycles. The number of nitrogens with zero attached hydrogens (tertiary/aromatic N) is 1. The first-order valence-electron chi connectivity index (χ1n) is 8.64. The molecule has 132 valence electrons. The van der Waals surface area contributed by atoms with Crippen LogP contribution in [0, 0.1) is 5.41 Å². The Balaban J connectivity index is 2.03. The van der Waals surface area contributed by atoms with Crippen molar-refractivity contribution < 1.29 is 4.79 Å². The van der Waals surface area contributed by atoms with Crippen molar-refractivity contribution in [2.45, 2.75) is 26.7 Å². The lowest BCUT2D eigenvalue weighted by atomic mass is 9.78. The highest BCUT2D eigenvalue weighted by atomic mass is 79.9. The van der Waals surface area contributed by atoms with E-state index in [0.717, 1.165) is 38.8 Å². The van der Waals surface area contributed by atoms with Crippen molar-refractivity contribution in [3.05, 3.63) is 64.1 Å². The Labute approximate surface area is 166 Å². The normalized spacial score (nSPS) is 16.8. The van der Waals surface area contributed by atoms with Crippen LogP contribution >= 0.6 is 27.5 Å². The van der Waals surface area contributed by atoms with Gasteiger partial charge < -0.3 is 4.57 Å². The summed E-state index contributed by atoms with van der Waals surface area (Å²) in [6.45, 7) is 4.30. The van der Waals surface area contributed by atoms with Gasteiger partial charge in [-0.25, -0.2) is 0 Å². The van der Waals surface area contributed by atoms with Gasteiger partial charge in [0.25, 0.3) is 0 Å². The number of aromatic nitrogens is 1. The van der Waals surface area contributed by atoms with Crippen molar-refractivity contribution in [2.24, 2.45) is 5.41 Å². The molecule has 1 aliphatic carbocycles. The van der Waals surface area contributed by atoms with Crippen LogP contribution in [-0.2, 0) is 4.79 Å². The number of hydrogen-bond acceptors (Lipinski definition) is 1. The average molecular weight is 429 g/mol. The van der Waals surface area contributed by atoms with Gasteiger partial charge in [-0.3, -0.25) is 4.79 Å². The maximum Gasteiger partial charge on any atom is 0.157 e. The van der Waals surface area contributed by atoms with Crippen LogP contribution in [0.1, 0.15) is 26.7 Å². The van der Waals surface area contributed by atoms with Crippen molar-refractivity contribution in [3.8, 4) is 11.3 Å². The summed E-state index contributed by atoms with van der Waals surface area (Å²) in [6, 6.07) is 16.2. The number of hydrogen-bond donors (Lipinski definition) is 0. The van der Waals surface area contributed by atoms with Crippen molar-refractivity contribution in [1.82, 2.24) is 4.57 Å². The molecule has 0 atom stereocenters. The Morgan fingerprint density at radius 2 is 1.85 bits per heavy atom. The smallest absolute Gasteiger partial charge is 0.157 e. The van der Waals surface area contributed by atoms with Crippen molar-refractivity contribution in [2.75, 3.05) is 0 Å². The molecule has 0 fully saturated rings. The summed E-state index contributed by atoms with van der Waals surface area (Å²) in [5, 5.41) is 1.78.